The highest BCUT2D eigenvalue weighted by molar-refractivity contribution is 6.01. The van der Waals surface area contributed by atoms with Crippen LogP contribution in [0.25, 0.3) is 0 Å². The molecule has 1 aromatic rings. The van der Waals surface area contributed by atoms with Crippen molar-refractivity contribution in [2.75, 3.05) is 36.8 Å². The van der Waals surface area contributed by atoms with Crippen molar-refractivity contribution in [1.29, 1.82) is 0 Å². The number of benzene rings is 1. The average Bonchev–Trinajstić information content (AvgIpc) is 3.06. The van der Waals surface area contributed by atoms with Crippen molar-refractivity contribution in [3.05, 3.63) is 23.8 Å². The number of fused-ring (bicyclic) bond motifs is 1. The van der Waals surface area contributed by atoms with Crippen LogP contribution in [0.3, 0.4) is 0 Å². The van der Waals surface area contributed by atoms with Crippen LogP contribution in [0.5, 0.6) is 0 Å². The predicted octanol–water partition coefficient (Wildman–Crippen LogP) is 2.83. The van der Waals surface area contributed by atoms with E-state index in [9.17, 15) is 9.59 Å². The van der Waals surface area contributed by atoms with E-state index in [1.807, 2.05) is 23.1 Å². The van der Waals surface area contributed by atoms with E-state index in [0.717, 1.165) is 44.0 Å². The largest absolute Gasteiger partial charge is 0.380 e. The maximum absolute atomic E-state index is 12.9. The van der Waals surface area contributed by atoms with Crippen molar-refractivity contribution in [2.24, 2.45) is 5.92 Å². The van der Waals surface area contributed by atoms with E-state index in [2.05, 4.69) is 16.0 Å². The lowest BCUT2D eigenvalue weighted by atomic mass is 9.82. The highest BCUT2D eigenvalue weighted by Gasteiger charge is 2.29. The molecule has 4 rings (SSSR count). The fraction of sp³-hybridized carbons (Fsp3) is 0.619. The van der Waals surface area contributed by atoms with E-state index in [1.54, 1.807) is 0 Å². The molecule has 6 nitrogen and oxygen atoms in total. The number of carbonyl (C=O) groups is 2. The van der Waals surface area contributed by atoms with Gasteiger partial charge in [-0.05, 0) is 49.9 Å². The van der Waals surface area contributed by atoms with Gasteiger partial charge in [0, 0.05) is 37.7 Å². The summed E-state index contributed by atoms with van der Waals surface area (Å²) in [7, 11) is 0. The molecule has 2 amide bonds. The summed E-state index contributed by atoms with van der Waals surface area (Å²) in [6.07, 6.45) is 7.69. The molecule has 1 saturated carbocycles. The summed E-state index contributed by atoms with van der Waals surface area (Å²) in [6, 6.07) is 5.87. The van der Waals surface area contributed by atoms with Crippen molar-refractivity contribution in [3.63, 3.8) is 0 Å². The van der Waals surface area contributed by atoms with Crippen molar-refractivity contribution >= 4 is 23.2 Å². The molecule has 0 spiro atoms. The molecule has 1 unspecified atom stereocenters. The minimum Gasteiger partial charge on any atom is -0.380 e. The second-order valence-corrected chi connectivity index (χ2v) is 8.06. The SMILES string of the molecule is O=C1CC(C2CCCCC2)Nc2ccc(C(=O)N3CCCNCC3)cc2N1. The summed E-state index contributed by atoms with van der Waals surface area (Å²) >= 11 is 0. The zero-order valence-corrected chi connectivity index (χ0v) is 15.9. The molecule has 2 fully saturated rings. The van der Waals surface area contributed by atoms with E-state index in [4.69, 9.17) is 0 Å². The van der Waals surface area contributed by atoms with Gasteiger partial charge < -0.3 is 20.9 Å². The number of carbonyl (C=O) groups excluding carboxylic acids is 2. The van der Waals surface area contributed by atoms with E-state index in [0.29, 0.717) is 17.9 Å². The molecule has 1 aliphatic carbocycles. The third-order valence-electron chi connectivity index (χ3n) is 6.13. The summed E-state index contributed by atoms with van der Waals surface area (Å²) in [5.41, 5.74) is 2.32. The third-order valence-corrected chi connectivity index (χ3v) is 6.13. The van der Waals surface area contributed by atoms with Gasteiger partial charge in [0.25, 0.3) is 5.91 Å². The lowest BCUT2D eigenvalue weighted by Crippen LogP contribution is -2.34. The van der Waals surface area contributed by atoms with E-state index >= 15 is 0 Å². The topological polar surface area (TPSA) is 73.5 Å². The monoisotopic (exact) mass is 370 g/mol. The molecule has 1 aromatic carbocycles. The molecule has 0 bridgehead atoms. The fourth-order valence-corrected chi connectivity index (χ4v) is 4.61. The second kappa shape index (κ2) is 8.30. The Morgan fingerprint density at radius 3 is 2.70 bits per heavy atom. The lowest BCUT2D eigenvalue weighted by molar-refractivity contribution is -0.116. The molecule has 2 heterocycles. The van der Waals surface area contributed by atoms with Crippen molar-refractivity contribution in [1.82, 2.24) is 10.2 Å². The molecular weight excluding hydrogens is 340 g/mol. The minimum atomic E-state index is 0.0420. The van der Waals surface area contributed by atoms with Crippen LogP contribution >= 0.6 is 0 Å². The van der Waals surface area contributed by atoms with Gasteiger partial charge in [-0.3, -0.25) is 9.59 Å². The zero-order valence-electron chi connectivity index (χ0n) is 15.9. The zero-order chi connectivity index (χ0) is 18.6. The molecule has 3 N–H and O–H groups in total. The number of nitrogens with one attached hydrogen (secondary N) is 3. The first-order valence-corrected chi connectivity index (χ1v) is 10.4. The number of hydrogen-bond acceptors (Lipinski definition) is 4. The van der Waals surface area contributed by atoms with Crippen LogP contribution in [-0.4, -0.2) is 48.9 Å². The van der Waals surface area contributed by atoms with Gasteiger partial charge in [0.1, 0.15) is 0 Å². The Kier molecular flexibility index (Phi) is 5.62. The van der Waals surface area contributed by atoms with Crippen LogP contribution in [0.1, 0.15) is 55.3 Å². The highest BCUT2D eigenvalue weighted by Crippen LogP contribution is 2.34. The molecule has 2 aliphatic heterocycles. The Morgan fingerprint density at radius 1 is 1.00 bits per heavy atom. The average molecular weight is 370 g/mol. The van der Waals surface area contributed by atoms with Gasteiger partial charge in [0.2, 0.25) is 5.91 Å². The highest BCUT2D eigenvalue weighted by atomic mass is 16.2. The summed E-state index contributed by atoms with van der Waals surface area (Å²) in [6.45, 7) is 3.29. The first-order chi connectivity index (χ1) is 13.2. The van der Waals surface area contributed by atoms with Crippen LogP contribution in [0, 0.1) is 5.92 Å². The number of hydrogen-bond donors (Lipinski definition) is 3. The van der Waals surface area contributed by atoms with Gasteiger partial charge in [0.05, 0.1) is 11.4 Å². The number of nitrogens with zero attached hydrogens (tertiary/aromatic N) is 1. The first kappa shape index (κ1) is 18.3. The molecule has 1 saturated heterocycles. The van der Waals surface area contributed by atoms with Crippen LogP contribution in [0.15, 0.2) is 18.2 Å². The molecular formula is C21H30N4O2. The Balaban J connectivity index is 1.52. The van der Waals surface area contributed by atoms with E-state index in [1.165, 1.54) is 32.1 Å². The predicted molar refractivity (Wildman–Crippen MR) is 107 cm³/mol. The van der Waals surface area contributed by atoms with Gasteiger partial charge in [-0.2, -0.15) is 0 Å². The quantitative estimate of drug-likeness (QED) is 0.748. The maximum Gasteiger partial charge on any atom is 0.253 e. The molecule has 146 valence electrons. The molecule has 27 heavy (non-hydrogen) atoms. The van der Waals surface area contributed by atoms with Gasteiger partial charge in [-0.1, -0.05) is 19.3 Å². The van der Waals surface area contributed by atoms with Crippen molar-refractivity contribution < 1.29 is 9.59 Å². The van der Waals surface area contributed by atoms with Crippen molar-refractivity contribution in [2.45, 2.75) is 51.0 Å². The Morgan fingerprint density at radius 2 is 1.85 bits per heavy atom. The molecule has 6 heteroatoms. The standard InChI is InChI=1S/C21H30N4O2/c26-20-14-18(15-5-2-1-3-6-15)23-17-8-7-16(13-19(17)24-20)21(27)25-11-4-9-22-10-12-25/h7-8,13,15,18,22-23H,1-6,9-12,14H2,(H,24,26). The summed E-state index contributed by atoms with van der Waals surface area (Å²) in [4.78, 5) is 27.3. The fourth-order valence-electron chi connectivity index (χ4n) is 4.61. The Bertz CT molecular complexity index is 691. The number of amides is 2. The second-order valence-electron chi connectivity index (χ2n) is 8.06. The summed E-state index contributed by atoms with van der Waals surface area (Å²) < 4.78 is 0. The van der Waals surface area contributed by atoms with Crippen LogP contribution in [0.4, 0.5) is 11.4 Å². The number of anilines is 2. The van der Waals surface area contributed by atoms with Gasteiger partial charge in [0.15, 0.2) is 0 Å². The molecule has 1 atom stereocenters. The van der Waals surface area contributed by atoms with Crippen LogP contribution in [-0.2, 0) is 4.79 Å². The van der Waals surface area contributed by atoms with Gasteiger partial charge in [-0.25, -0.2) is 0 Å². The van der Waals surface area contributed by atoms with E-state index < -0.39 is 0 Å². The Hall–Kier alpha value is -2.08. The van der Waals surface area contributed by atoms with Crippen LogP contribution in [0.2, 0.25) is 0 Å². The molecule has 0 aromatic heterocycles. The summed E-state index contributed by atoms with van der Waals surface area (Å²) in [5, 5.41) is 9.94. The van der Waals surface area contributed by atoms with Gasteiger partial charge in [-0.15, -0.1) is 0 Å². The number of rotatable bonds is 2. The smallest absolute Gasteiger partial charge is 0.253 e. The maximum atomic E-state index is 12.9. The molecule has 3 aliphatic rings. The summed E-state index contributed by atoms with van der Waals surface area (Å²) in [5.74, 6) is 0.644. The Labute approximate surface area is 161 Å². The third kappa shape index (κ3) is 4.26. The first-order valence-electron chi connectivity index (χ1n) is 10.4. The van der Waals surface area contributed by atoms with Gasteiger partial charge >= 0.3 is 0 Å². The normalized spacial score (nSPS) is 24.2. The lowest BCUT2D eigenvalue weighted by Gasteiger charge is -2.30. The van der Waals surface area contributed by atoms with Crippen molar-refractivity contribution in [3.8, 4) is 0 Å². The van der Waals surface area contributed by atoms with Crippen LogP contribution < -0.4 is 16.0 Å². The molecule has 0 radical (unpaired) electrons. The van der Waals surface area contributed by atoms with E-state index in [-0.39, 0.29) is 17.9 Å². The minimum absolute atomic E-state index is 0.0420.